The van der Waals surface area contributed by atoms with E-state index in [9.17, 15) is 19.2 Å². The van der Waals surface area contributed by atoms with Crippen molar-refractivity contribution < 1.29 is 33.4 Å². The summed E-state index contributed by atoms with van der Waals surface area (Å²) in [5, 5.41) is 4.84. The zero-order valence-corrected chi connectivity index (χ0v) is 23.2. The number of methoxy groups -OCH3 is 2. The summed E-state index contributed by atoms with van der Waals surface area (Å²) in [6.07, 6.45) is -0.276. The van der Waals surface area contributed by atoms with E-state index in [1.807, 2.05) is 12.1 Å². The smallest absolute Gasteiger partial charge is 0.306 e. The molecule has 0 fully saturated rings. The first kappa shape index (κ1) is 29.3. The average molecular weight is 563 g/mol. The Kier molecular flexibility index (Phi) is 10.4. The minimum Gasteiger partial charge on any atom is -0.493 e. The van der Waals surface area contributed by atoms with Crippen LogP contribution in [-0.2, 0) is 23.9 Å². The number of rotatable bonds is 11. The Morgan fingerprint density at radius 3 is 2.55 bits per heavy atom. The van der Waals surface area contributed by atoms with Crippen molar-refractivity contribution in [3.05, 3.63) is 52.5 Å². The van der Waals surface area contributed by atoms with E-state index in [0.717, 1.165) is 11.1 Å². The molecule has 3 atom stereocenters. The van der Waals surface area contributed by atoms with Gasteiger partial charge in [-0.25, -0.2) is 0 Å². The molecule has 0 radical (unpaired) electrons. The maximum Gasteiger partial charge on any atom is 0.306 e. The number of ether oxygens (including phenoxy) is 3. The molecule has 0 bridgehead atoms. The van der Waals surface area contributed by atoms with Crippen molar-refractivity contribution in [1.29, 1.82) is 0 Å². The van der Waals surface area contributed by atoms with Crippen LogP contribution in [0.5, 0.6) is 11.5 Å². The van der Waals surface area contributed by atoms with E-state index in [-0.39, 0.29) is 37.6 Å². The van der Waals surface area contributed by atoms with Crippen LogP contribution in [0.4, 0.5) is 5.69 Å². The van der Waals surface area contributed by atoms with E-state index in [0.29, 0.717) is 22.2 Å². The fourth-order valence-electron chi connectivity index (χ4n) is 4.10. The predicted octanol–water partition coefficient (Wildman–Crippen LogP) is 4.31. The lowest BCUT2D eigenvalue weighted by atomic mass is 10.0. The zero-order valence-electron chi connectivity index (χ0n) is 21.7. The zero-order chi connectivity index (χ0) is 27.8. The van der Waals surface area contributed by atoms with E-state index < -0.39 is 28.4 Å². The fourth-order valence-corrected chi connectivity index (χ4v) is 5.71. The van der Waals surface area contributed by atoms with Crippen LogP contribution in [0, 0.1) is 0 Å². The fraction of sp³-hybridized carbons (Fsp3) is 0.407. The molecule has 204 valence electrons. The van der Waals surface area contributed by atoms with Crippen LogP contribution < -0.4 is 20.1 Å². The molecule has 0 spiro atoms. The van der Waals surface area contributed by atoms with Crippen LogP contribution in [0.1, 0.15) is 49.5 Å². The van der Waals surface area contributed by atoms with Crippen molar-refractivity contribution in [2.24, 2.45) is 0 Å². The van der Waals surface area contributed by atoms with Crippen molar-refractivity contribution in [3.8, 4) is 11.5 Å². The first-order chi connectivity index (χ1) is 18.2. The monoisotopic (exact) mass is 562 g/mol. The lowest BCUT2D eigenvalue weighted by Crippen LogP contribution is -2.41. The SMILES string of the molecule is CCOC(=O)CCC(=O)C(C)NC(=O)CC1SC(c2cccc(OC)c2OC)c2cc(Cl)ccc2NC1=O. The Bertz CT molecular complexity index is 1210. The minimum atomic E-state index is -0.818. The van der Waals surface area contributed by atoms with Gasteiger partial charge >= 0.3 is 5.97 Å². The number of halogens is 1. The third kappa shape index (κ3) is 7.20. The van der Waals surface area contributed by atoms with Gasteiger partial charge in [-0.2, -0.15) is 0 Å². The summed E-state index contributed by atoms with van der Waals surface area (Å²) >= 11 is 7.60. The third-order valence-corrected chi connectivity index (χ3v) is 7.70. The van der Waals surface area contributed by atoms with Gasteiger partial charge in [0.2, 0.25) is 11.8 Å². The van der Waals surface area contributed by atoms with E-state index in [1.165, 1.54) is 18.9 Å². The van der Waals surface area contributed by atoms with Crippen LogP contribution in [0.3, 0.4) is 0 Å². The second-order valence-electron chi connectivity index (χ2n) is 8.57. The molecule has 0 saturated carbocycles. The molecule has 3 rings (SSSR count). The summed E-state index contributed by atoms with van der Waals surface area (Å²) in [7, 11) is 3.08. The van der Waals surface area contributed by atoms with Crippen molar-refractivity contribution >= 4 is 52.6 Å². The number of carbonyl (C=O) groups excluding carboxylic acids is 4. The Hall–Kier alpha value is -3.24. The van der Waals surface area contributed by atoms with Gasteiger partial charge in [-0.1, -0.05) is 23.7 Å². The number of nitrogens with one attached hydrogen (secondary N) is 2. The first-order valence-corrected chi connectivity index (χ1v) is 13.4. The lowest BCUT2D eigenvalue weighted by Gasteiger charge is -2.23. The van der Waals surface area contributed by atoms with Crippen LogP contribution in [-0.4, -0.2) is 55.7 Å². The van der Waals surface area contributed by atoms with Crippen molar-refractivity contribution in [2.45, 2.75) is 49.7 Å². The number of hydrogen-bond donors (Lipinski definition) is 2. The summed E-state index contributed by atoms with van der Waals surface area (Å²) in [4.78, 5) is 50.0. The quantitative estimate of drug-likeness (QED) is 0.389. The number of Topliss-reactive ketones (excluding diaryl/α,β-unsaturated/α-hetero) is 1. The van der Waals surface area contributed by atoms with E-state index in [1.54, 1.807) is 45.2 Å². The second-order valence-corrected chi connectivity index (χ2v) is 10.3. The molecule has 1 aliphatic rings. The molecule has 2 N–H and O–H groups in total. The molecule has 0 aliphatic carbocycles. The number of hydrogen-bond acceptors (Lipinski definition) is 8. The molecule has 2 aromatic rings. The van der Waals surface area contributed by atoms with Gasteiger partial charge in [0, 0.05) is 29.1 Å². The van der Waals surface area contributed by atoms with Crippen LogP contribution in [0.2, 0.25) is 5.02 Å². The van der Waals surface area contributed by atoms with Crippen LogP contribution in [0.15, 0.2) is 36.4 Å². The lowest BCUT2D eigenvalue weighted by molar-refractivity contribution is -0.144. The molecule has 11 heteroatoms. The van der Waals surface area contributed by atoms with Gasteiger partial charge in [0.25, 0.3) is 0 Å². The minimum absolute atomic E-state index is 0.0489. The summed E-state index contributed by atoms with van der Waals surface area (Å²) in [6.45, 7) is 3.47. The van der Waals surface area contributed by atoms with Crippen molar-refractivity contribution in [2.75, 3.05) is 26.1 Å². The van der Waals surface area contributed by atoms with Gasteiger partial charge < -0.3 is 24.8 Å². The highest BCUT2D eigenvalue weighted by Gasteiger charge is 2.35. The third-order valence-electron chi connectivity index (χ3n) is 5.97. The van der Waals surface area contributed by atoms with Crippen LogP contribution in [0.25, 0.3) is 0 Å². The summed E-state index contributed by atoms with van der Waals surface area (Å²) in [6, 6.07) is 9.84. The number of anilines is 1. The van der Waals surface area contributed by atoms with Gasteiger partial charge in [0.05, 0.1) is 43.8 Å². The largest absolute Gasteiger partial charge is 0.493 e. The summed E-state index contributed by atoms with van der Waals surface area (Å²) < 4.78 is 16.0. The number of thioether (sulfide) groups is 1. The molecule has 3 unspecified atom stereocenters. The second kappa shape index (κ2) is 13.5. The molecule has 2 aromatic carbocycles. The predicted molar refractivity (Wildman–Crippen MR) is 146 cm³/mol. The number of benzene rings is 2. The number of carbonyl (C=O) groups is 4. The van der Waals surface area contributed by atoms with Crippen molar-refractivity contribution in [1.82, 2.24) is 5.32 Å². The molecule has 0 aromatic heterocycles. The topological polar surface area (TPSA) is 120 Å². The molecule has 1 aliphatic heterocycles. The number of ketones is 1. The standard InChI is InChI=1S/C27H31ClN2O7S/c1-5-37-24(33)12-11-20(31)15(2)29-23(32)14-22-27(34)30-19-10-9-16(28)13-18(19)26(38-22)17-7-6-8-21(35-3)25(17)36-4/h6-10,13,15,22,26H,5,11-12,14H2,1-4H3,(H,29,32)(H,30,34). The van der Waals surface area contributed by atoms with E-state index in [4.69, 9.17) is 25.8 Å². The number of para-hydroxylation sites is 1. The van der Waals surface area contributed by atoms with Gasteiger partial charge in [-0.05, 0) is 43.7 Å². The maximum absolute atomic E-state index is 13.2. The average Bonchev–Trinajstić information content (AvgIpc) is 3.02. The maximum atomic E-state index is 13.2. The Morgan fingerprint density at radius 2 is 1.87 bits per heavy atom. The normalized spacial score (nSPS) is 17.3. The number of fused-ring (bicyclic) bond motifs is 1. The Morgan fingerprint density at radius 1 is 1.11 bits per heavy atom. The number of amides is 2. The molecular weight excluding hydrogens is 532 g/mol. The van der Waals surface area contributed by atoms with Gasteiger partial charge in [0.15, 0.2) is 17.3 Å². The molecule has 1 heterocycles. The molecule has 38 heavy (non-hydrogen) atoms. The number of esters is 1. The van der Waals surface area contributed by atoms with Gasteiger partial charge in [-0.3, -0.25) is 19.2 Å². The first-order valence-electron chi connectivity index (χ1n) is 12.1. The van der Waals surface area contributed by atoms with E-state index in [2.05, 4.69) is 10.6 Å². The van der Waals surface area contributed by atoms with Crippen LogP contribution >= 0.6 is 23.4 Å². The van der Waals surface area contributed by atoms with E-state index >= 15 is 0 Å². The summed E-state index contributed by atoms with van der Waals surface area (Å²) in [5.74, 6) is -0.539. The molecular formula is C27H31ClN2O7S. The highest BCUT2D eigenvalue weighted by atomic mass is 35.5. The molecule has 0 saturated heterocycles. The molecule has 9 nitrogen and oxygen atoms in total. The highest BCUT2D eigenvalue weighted by Crippen LogP contribution is 2.50. The summed E-state index contributed by atoms with van der Waals surface area (Å²) in [5.41, 5.74) is 2.09. The Balaban J connectivity index is 1.82. The molecule has 2 amide bonds. The van der Waals surface area contributed by atoms with Gasteiger partial charge in [0.1, 0.15) is 0 Å². The van der Waals surface area contributed by atoms with Crippen molar-refractivity contribution in [3.63, 3.8) is 0 Å². The Labute approximate surface area is 230 Å². The van der Waals surface area contributed by atoms with Gasteiger partial charge in [-0.15, -0.1) is 11.8 Å². The highest BCUT2D eigenvalue weighted by molar-refractivity contribution is 8.01.